The third kappa shape index (κ3) is 3.36. The predicted octanol–water partition coefficient (Wildman–Crippen LogP) is 3.28. The van der Waals surface area contributed by atoms with Crippen LogP contribution in [0.25, 0.3) is 10.7 Å². The number of rotatable bonds is 5. The average Bonchev–Trinajstić information content (AvgIpc) is 3.10. The lowest BCUT2D eigenvalue weighted by Gasteiger charge is -2.08. The third-order valence-corrected chi connectivity index (χ3v) is 4.14. The van der Waals surface area contributed by atoms with Gasteiger partial charge in [-0.15, -0.1) is 11.3 Å². The molecule has 1 aromatic carbocycles. The van der Waals surface area contributed by atoms with Crippen LogP contribution in [0.3, 0.4) is 0 Å². The number of thiazole rings is 1. The summed E-state index contributed by atoms with van der Waals surface area (Å²) in [6.45, 7) is 0.0127. The monoisotopic (exact) mass is 342 g/mol. The minimum atomic E-state index is -0.640. The molecule has 0 fully saturated rings. The standard InChI is InChI=1S/C17H14N2O4S/c1-22-14-7-4-5-12(15(14)20)17(21)23-9-11-10-24-16(19-11)13-6-2-3-8-18-13/h2-8,10,20H,9H2,1H3. The molecule has 2 heterocycles. The van der Waals surface area contributed by atoms with Crippen molar-refractivity contribution in [3.63, 3.8) is 0 Å². The highest BCUT2D eigenvalue weighted by Crippen LogP contribution is 2.30. The van der Waals surface area contributed by atoms with Gasteiger partial charge in [0.2, 0.25) is 0 Å². The molecule has 0 unspecified atom stereocenters. The second-order valence-electron chi connectivity index (χ2n) is 4.79. The van der Waals surface area contributed by atoms with Gasteiger partial charge in [-0.3, -0.25) is 4.98 Å². The zero-order valence-corrected chi connectivity index (χ0v) is 13.6. The maximum absolute atomic E-state index is 12.1. The highest BCUT2D eigenvalue weighted by molar-refractivity contribution is 7.13. The predicted molar refractivity (Wildman–Crippen MR) is 89.1 cm³/mol. The molecule has 6 nitrogen and oxygen atoms in total. The van der Waals surface area contributed by atoms with Crippen LogP contribution in [-0.2, 0) is 11.3 Å². The van der Waals surface area contributed by atoms with Crippen LogP contribution >= 0.6 is 11.3 Å². The van der Waals surface area contributed by atoms with Gasteiger partial charge in [0, 0.05) is 11.6 Å². The lowest BCUT2D eigenvalue weighted by molar-refractivity contribution is 0.0464. The first-order valence-corrected chi connectivity index (χ1v) is 7.96. The van der Waals surface area contributed by atoms with E-state index in [-0.39, 0.29) is 23.7 Å². The van der Waals surface area contributed by atoms with E-state index in [1.807, 2.05) is 23.6 Å². The molecule has 122 valence electrons. The van der Waals surface area contributed by atoms with Crippen LogP contribution in [0.15, 0.2) is 48.0 Å². The molecule has 0 saturated carbocycles. The van der Waals surface area contributed by atoms with Crippen molar-refractivity contribution < 1.29 is 19.4 Å². The minimum Gasteiger partial charge on any atom is -0.504 e. The number of methoxy groups -OCH3 is 1. The Labute approximate surface area is 142 Å². The van der Waals surface area contributed by atoms with E-state index >= 15 is 0 Å². The second kappa shape index (κ2) is 7.10. The Morgan fingerprint density at radius 2 is 2.12 bits per heavy atom. The van der Waals surface area contributed by atoms with E-state index in [2.05, 4.69) is 9.97 Å². The molecule has 1 N–H and O–H groups in total. The summed E-state index contributed by atoms with van der Waals surface area (Å²) in [5, 5.41) is 12.5. The number of nitrogens with zero attached hydrogens (tertiary/aromatic N) is 2. The smallest absolute Gasteiger partial charge is 0.342 e. The van der Waals surface area contributed by atoms with Crippen molar-refractivity contribution in [2.45, 2.75) is 6.61 Å². The van der Waals surface area contributed by atoms with E-state index in [9.17, 15) is 9.90 Å². The van der Waals surface area contributed by atoms with Crippen LogP contribution in [0.4, 0.5) is 0 Å². The molecular formula is C17H14N2O4S. The van der Waals surface area contributed by atoms with Gasteiger partial charge in [-0.1, -0.05) is 12.1 Å². The number of hydrogen-bond donors (Lipinski definition) is 1. The Morgan fingerprint density at radius 1 is 1.25 bits per heavy atom. The van der Waals surface area contributed by atoms with Crippen molar-refractivity contribution in [2.24, 2.45) is 0 Å². The number of carbonyl (C=O) groups is 1. The summed E-state index contributed by atoms with van der Waals surface area (Å²) in [7, 11) is 1.42. The third-order valence-electron chi connectivity index (χ3n) is 3.23. The Balaban J connectivity index is 1.68. The lowest BCUT2D eigenvalue weighted by Crippen LogP contribution is -2.06. The summed E-state index contributed by atoms with van der Waals surface area (Å²) in [4.78, 5) is 20.7. The van der Waals surface area contributed by atoms with Gasteiger partial charge < -0.3 is 14.6 Å². The fourth-order valence-electron chi connectivity index (χ4n) is 2.05. The summed E-state index contributed by atoms with van der Waals surface area (Å²) in [5.41, 5.74) is 1.44. The number of ether oxygens (including phenoxy) is 2. The molecule has 2 aromatic heterocycles. The molecule has 7 heteroatoms. The summed E-state index contributed by atoms with van der Waals surface area (Å²) < 4.78 is 10.2. The summed E-state index contributed by atoms with van der Waals surface area (Å²) in [6, 6.07) is 10.2. The van der Waals surface area contributed by atoms with Crippen molar-refractivity contribution in [3.05, 3.63) is 59.2 Å². The first kappa shape index (κ1) is 15.9. The van der Waals surface area contributed by atoms with Crippen LogP contribution in [-0.4, -0.2) is 28.2 Å². The van der Waals surface area contributed by atoms with Crippen molar-refractivity contribution >= 4 is 17.3 Å². The van der Waals surface area contributed by atoms with Gasteiger partial charge in [0.1, 0.15) is 17.2 Å². The molecule has 0 aliphatic carbocycles. The van der Waals surface area contributed by atoms with E-state index in [0.717, 1.165) is 10.7 Å². The van der Waals surface area contributed by atoms with Crippen molar-refractivity contribution in [2.75, 3.05) is 7.11 Å². The number of esters is 1. The normalized spacial score (nSPS) is 10.4. The van der Waals surface area contributed by atoms with E-state index in [4.69, 9.17) is 9.47 Å². The molecule has 0 atom stereocenters. The van der Waals surface area contributed by atoms with Gasteiger partial charge in [0.25, 0.3) is 0 Å². The van der Waals surface area contributed by atoms with Crippen molar-refractivity contribution in [1.29, 1.82) is 0 Å². The SMILES string of the molecule is COc1cccc(C(=O)OCc2csc(-c3ccccn3)n2)c1O. The molecule has 24 heavy (non-hydrogen) atoms. The second-order valence-corrected chi connectivity index (χ2v) is 5.65. The van der Waals surface area contributed by atoms with Gasteiger partial charge in [-0.05, 0) is 24.3 Å². The fraction of sp³-hybridized carbons (Fsp3) is 0.118. The van der Waals surface area contributed by atoms with Gasteiger partial charge in [0.05, 0.1) is 18.5 Å². The van der Waals surface area contributed by atoms with Gasteiger partial charge >= 0.3 is 5.97 Å². The zero-order valence-electron chi connectivity index (χ0n) is 12.8. The van der Waals surface area contributed by atoms with E-state index in [0.29, 0.717) is 5.69 Å². The molecule has 0 bridgehead atoms. The van der Waals surface area contributed by atoms with Crippen LogP contribution in [0.2, 0.25) is 0 Å². The van der Waals surface area contributed by atoms with Crippen molar-refractivity contribution in [1.82, 2.24) is 9.97 Å². The largest absolute Gasteiger partial charge is 0.504 e. The quantitative estimate of drug-likeness (QED) is 0.717. The maximum Gasteiger partial charge on any atom is 0.342 e. The Morgan fingerprint density at radius 3 is 2.88 bits per heavy atom. The van der Waals surface area contributed by atoms with Gasteiger partial charge in [0.15, 0.2) is 11.5 Å². The summed E-state index contributed by atoms with van der Waals surface area (Å²) >= 11 is 1.43. The highest BCUT2D eigenvalue weighted by atomic mass is 32.1. The van der Waals surface area contributed by atoms with Crippen molar-refractivity contribution in [3.8, 4) is 22.2 Å². The van der Waals surface area contributed by atoms with Crippen LogP contribution in [0.5, 0.6) is 11.5 Å². The minimum absolute atomic E-state index is 0.0127. The molecule has 0 saturated heterocycles. The zero-order chi connectivity index (χ0) is 16.9. The topological polar surface area (TPSA) is 81.5 Å². The summed E-state index contributed by atoms with van der Waals surface area (Å²) in [5.74, 6) is -0.660. The lowest BCUT2D eigenvalue weighted by atomic mass is 10.2. The first-order chi connectivity index (χ1) is 11.7. The van der Waals surface area contributed by atoms with E-state index in [1.54, 1.807) is 18.3 Å². The highest BCUT2D eigenvalue weighted by Gasteiger charge is 2.17. The van der Waals surface area contributed by atoms with Gasteiger partial charge in [-0.25, -0.2) is 9.78 Å². The number of phenols is 1. The van der Waals surface area contributed by atoms with Gasteiger partial charge in [-0.2, -0.15) is 0 Å². The molecule has 0 aliphatic rings. The van der Waals surface area contributed by atoms with Crippen LogP contribution in [0, 0.1) is 0 Å². The molecule has 3 rings (SSSR count). The Kier molecular flexibility index (Phi) is 4.72. The number of para-hydroxylation sites is 1. The van der Waals surface area contributed by atoms with Crippen LogP contribution in [0.1, 0.15) is 16.1 Å². The number of aromatic nitrogens is 2. The van der Waals surface area contributed by atoms with E-state index in [1.165, 1.54) is 24.5 Å². The number of hydrogen-bond acceptors (Lipinski definition) is 7. The molecule has 0 aliphatic heterocycles. The first-order valence-electron chi connectivity index (χ1n) is 7.08. The molecule has 0 radical (unpaired) electrons. The molecule has 3 aromatic rings. The molecule has 0 spiro atoms. The fourth-order valence-corrected chi connectivity index (χ4v) is 2.83. The number of carbonyl (C=O) groups excluding carboxylic acids is 1. The summed E-state index contributed by atoms with van der Waals surface area (Å²) in [6.07, 6.45) is 1.70. The van der Waals surface area contributed by atoms with E-state index < -0.39 is 5.97 Å². The number of aromatic hydroxyl groups is 1. The number of pyridine rings is 1. The molecule has 0 amide bonds. The van der Waals surface area contributed by atoms with Crippen LogP contribution < -0.4 is 4.74 Å². The maximum atomic E-state index is 12.1. The number of phenolic OH excluding ortho intramolecular Hbond substituents is 1. The Bertz CT molecular complexity index is 849. The molecular weight excluding hydrogens is 328 g/mol. The number of benzene rings is 1. The average molecular weight is 342 g/mol. The Hall–Kier alpha value is -2.93.